The summed E-state index contributed by atoms with van der Waals surface area (Å²) in [5.41, 5.74) is 9.31. The Morgan fingerprint density at radius 3 is 2.58 bits per heavy atom. The van der Waals surface area contributed by atoms with Gasteiger partial charge in [-0.15, -0.1) is 0 Å². The van der Waals surface area contributed by atoms with Crippen molar-refractivity contribution >= 4 is 32.4 Å². The Labute approximate surface area is 167 Å². The summed E-state index contributed by atoms with van der Waals surface area (Å²) in [7, 11) is -0.792. The van der Waals surface area contributed by atoms with Crippen molar-refractivity contribution in [2.75, 3.05) is 12.3 Å². The summed E-state index contributed by atoms with van der Waals surface area (Å²) in [5, 5.41) is 3.99. The first-order valence-corrected chi connectivity index (χ1v) is 11.0. The largest absolute Gasteiger partial charge is 0.398 e. The Morgan fingerprint density at radius 1 is 1.23 bits per heavy atom. The van der Waals surface area contributed by atoms with Crippen molar-refractivity contribution in [3.8, 4) is 0 Å². The van der Waals surface area contributed by atoms with E-state index in [4.69, 9.17) is 5.73 Å². The lowest BCUT2D eigenvalue weighted by atomic mass is 9.97. The van der Waals surface area contributed by atoms with Gasteiger partial charge in [0, 0.05) is 37.5 Å². The minimum atomic E-state index is -0.792. The Hall–Kier alpha value is -1.17. The molecule has 140 valence electrons. The van der Waals surface area contributed by atoms with Crippen molar-refractivity contribution in [2.24, 2.45) is 5.92 Å². The van der Waals surface area contributed by atoms with E-state index in [1.54, 1.807) is 0 Å². The third-order valence-electron chi connectivity index (χ3n) is 4.81. The molecule has 1 aliphatic rings. The highest BCUT2D eigenvalue weighted by Crippen LogP contribution is 2.40. The van der Waals surface area contributed by atoms with Crippen LogP contribution in [0.5, 0.6) is 0 Å². The predicted molar refractivity (Wildman–Crippen MR) is 115 cm³/mol. The van der Waals surface area contributed by atoms with Crippen LogP contribution in [0.1, 0.15) is 44.4 Å². The molecule has 0 radical (unpaired) electrons. The molecular formula is C21H27BrN2OS. The second kappa shape index (κ2) is 7.83. The molecule has 1 fully saturated rings. The van der Waals surface area contributed by atoms with Gasteiger partial charge in [0.15, 0.2) is 0 Å². The van der Waals surface area contributed by atoms with Gasteiger partial charge < -0.3 is 11.1 Å². The van der Waals surface area contributed by atoms with E-state index in [0.29, 0.717) is 11.2 Å². The lowest BCUT2D eigenvalue weighted by Gasteiger charge is -2.22. The van der Waals surface area contributed by atoms with Crippen LogP contribution in [-0.2, 0) is 10.8 Å². The number of rotatable bonds is 6. The summed E-state index contributed by atoms with van der Waals surface area (Å²) >= 11 is 3.56. The summed E-state index contributed by atoms with van der Waals surface area (Å²) in [6.45, 7) is 7.01. The molecule has 0 bridgehead atoms. The van der Waals surface area contributed by atoms with E-state index >= 15 is 0 Å². The van der Waals surface area contributed by atoms with E-state index in [2.05, 4.69) is 60.2 Å². The highest BCUT2D eigenvalue weighted by Gasteiger charge is 2.45. The van der Waals surface area contributed by atoms with Crippen molar-refractivity contribution in [1.82, 2.24) is 5.32 Å². The molecule has 5 heteroatoms. The molecule has 2 aromatic rings. The second-order valence-electron chi connectivity index (χ2n) is 7.97. The van der Waals surface area contributed by atoms with Gasteiger partial charge in [0.25, 0.3) is 0 Å². The molecule has 3 nitrogen and oxygen atoms in total. The highest BCUT2D eigenvalue weighted by atomic mass is 79.9. The van der Waals surface area contributed by atoms with Crippen LogP contribution in [0.15, 0.2) is 53.0 Å². The fourth-order valence-corrected chi connectivity index (χ4v) is 5.42. The first kappa shape index (κ1) is 19.6. The molecule has 0 heterocycles. The first-order chi connectivity index (χ1) is 12.3. The smallest absolute Gasteiger partial charge is 0.0597 e. The third-order valence-corrected chi connectivity index (χ3v) is 7.64. The number of nitrogens with one attached hydrogen (secondary N) is 1. The van der Waals surface area contributed by atoms with Gasteiger partial charge in [-0.3, -0.25) is 4.21 Å². The summed E-state index contributed by atoms with van der Waals surface area (Å²) in [4.78, 5) is 0. The molecule has 0 aliphatic heterocycles. The summed E-state index contributed by atoms with van der Waals surface area (Å²) in [5.74, 6) is 0.467. The van der Waals surface area contributed by atoms with Crippen LogP contribution in [0.25, 0.3) is 0 Å². The van der Waals surface area contributed by atoms with Crippen molar-refractivity contribution in [3.05, 3.63) is 64.1 Å². The molecule has 1 aliphatic carbocycles. The van der Waals surface area contributed by atoms with Gasteiger partial charge in [0.05, 0.1) is 6.04 Å². The Balaban J connectivity index is 1.76. The zero-order valence-corrected chi connectivity index (χ0v) is 17.9. The Morgan fingerprint density at radius 2 is 1.92 bits per heavy atom. The van der Waals surface area contributed by atoms with Crippen LogP contribution >= 0.6 is 15.9 Å². The molecule has 0 aromatic heterocycles. The molecule has 26 heavy (non-hydrogen) atoms. The molecule has 4 atom stereocenters. The predicted octanol–water partition coefficient (Wildman–Crippen LogP) is 4.65. The zero-order valence-electron chi connectivity index (χ0n) is 15.5. The second-order valence-corrected chi connectivity index (χ2v) is 11.3. The van der Waals surface area contributed by atoms with Gasteiger partial charge in [0.2, 0.25) is 0 Å². The number of anilines is 1. The van der Waals surface area contributed by atoms with Crippen LogP contribution in [0, 0.1) is 5.92 Å². The van der Waals surface area contributed by atoms with Crippen LogP contribution < -0.4 is 11.1 Å². The topological polar surface area (TPSA) is 55.1 Å². The van der Waals surface area contributed by atoms with Crippen LogP contribution in [0.3, 0.4) is 0 Å². The highest BCUT2D eigenvalue weighted by molar-refractivity contribution is 9.10. The first-order valence-electron chi connectivity index (χ1n) is 9.01. The Bertz CT molecular complexity index is 788. The quantitative estimate of drug-likeness (QED) is 0.650. The van der Waals surface area contributed by atoms with Crippen molar-refractivity contribution in [3.63, 3.8) is 0 Å². The molecule has 0 saturated heterocycles. The maximum absolute atomic E-state index is 12.6. The number of nitrogen functional groups attached to an aromatic ring is 1. The number of hydrogen-bond acceptors (Lipinski definition) is 3. The van der Waals surface area contributed by atoms with Gasteiger partial charge in [-0.25, -0.2) is 0 Å². The number of benzene rings is 2. The number of nitrogens with two attached hydrogens (primary N) is 1. The molecule has 0 amide bonds. The van der Waals surface area contributed by atoms with Crippen molar-refractivity contribution in [1.29, 1.82) is 0 Å². The average molecular weight is 435 g/mol. The minimum Gasteiger partial charge on any atom is -0.398 e. The van der Waals surface area contributed by atoms with Gasteiger partial charge in [-0.2, -0.15) is 0 Å². The van der Waals surface area contributed by atoms with E-state index in [1.165, 1.54) is 5.56 Å². The standard InChI is InChI=1S/C21H27BrN2OS/c1-21(2,3)26(25)19-11-15(19)13-24-20(14-7-5-4-6-8-14)17-12-16(22)9-10-18(17)23/h4-10,12,15,19-20,24H,11,13,23H2,1-3H3/t15-,19-,20?,26?/m1/s1. The van der Waals surface area contributed by atoms with Gasteiger partial charge in [0.1, 0.15) is 0 Å². The summed E-state index contributed by atoms with van der Waals surface area (Å²) in [6, 6.07) is 16.4. The number of halogens is 1. The van der Waals surface area contributed by atoms with Gasteiger partial charge in [-0.1, -0.05) is 46.3 Å². The van der Waals surface area contributed by atoms with Gasteiger partial charge >= 0.3 is 0 Å². The number of hydrogen-bond donors (Lipinski definition) is 2. The van der Waals surface area contributed by atoms with E-state index in [-0.39, 0.29) is 10.8 Å². The molecule has 1 saturated carbocycles. The van der Waals surface area contributed by atoms with E-state index in [9.17, 15) is 4.21 Å². The third kappa shape index (κ3) is 4.56. The van der Waals surface area contributed by atoms with Crippen LogP contribution in [0.4, 0.5) is 5.69 Å². The van der Waals surface area contributed by atoms with Crippen molar-refractivity contribution in [2.45, 2.75) is 43.2 Å². The Kier molecular flexibility index (Phi) is 5.90. The van der Waals surface area contributed by atoms with Crippen LogP contribution in [0.2, 0.25) is 0 Å². The lowest BCUT2D eigenvalue weighted by molar-refractivity contribution is 0.572. The SMILES string of the molecule is CC(C)(C)S(=O)[C@@H]1C[C@@H]1CNC(c1ccccc1)c1cc(Br)ccc1N. The zero-order chi connectivity index (χ0) is 18.9. The fraction of sp³-hybridized carbons (Fsp3) is 0.429. The van der Waals surface area contributed by atoms with Crippen molar-refractivity contribution < 1.29 is 4.21 Å². The average Bonchev–Trinajstić information content (AvgIpc) is 3.37. The normalized spacial score (nSPS) is 22.0. The summed E-state index contributed by atoms with van der Waals surface area (Å²) in [6.07, 6.45) is 1.03. The summed E-state index contributed by atoms with van der Waals surface area (Å²) < 4.78 is 13.4. The van der Waals surface area contributed by atoms with Gasteiger partial charge in [-0.05, 0) is 62.4 Å². The molecule has 2 aromatic carbocycles. The monoisotopic (exact) mass is 434 g/mol. The lowest BCUT2D eigenvalue weighted by Crippen LogP contribution is -2.29. The fourth-order valence-electron chi connectivity index (χ4n) is 3.27. The minimum absolute atomic E-state index is 0.0259. The molecule has 0 spiro atoms. The molecule has 3 rings (SSSR count). The van der Waals surface area contributed by atoms with E-state index < -0.39 is 10.8 Å². The maximum Gasteiger partial charge on any atom is 0.0597 e. The molecule has 3 N–H and O–H groups in total. The van der Waals surface area contributed by atoms with E-state index in [1.807, 2.05) is 30.3 Å². The molecule has 2 unspecified atom stereocenters. The maximum atomic E-state index is 12.6. The molecular weight excluding hydrogens is 408 g/mol. The van der Waals surface area contributed by atoms with Crippen LogP contribution in [-0.4, -0.2) is 20.8 Å². The van der Waals surface area contributed by atoms with E-state index in [0.717, 1.165) is 28.7 Å².